The molecule has 1 aromatic rings. The predicted octanol–water partition coefficient (Wildman–Crippen LogP) is 1.48. The summed E-state index contributed by atoms with van der Waals surface area (Å²) in [6, 6.07) is 5.06. The lowest BCUT2D eigenvalue weighted by Crippen LogP contribution is -2.30. The first-order chi connectivity index (χ1) is 7.69. The van der Waals surface area contributed by atoms with Crippen molar-refractivity contribution < 1.29 is 14.2 Å². The van der Waals surface area contributed by atoms with Crippen LogP contribution in [0.5, 0.6) is 5.75 Å². The SMILES string of the molecule is CNC(CO)CCOc1cccc(C)c1F. The number of likely N-dealkylation sites (N-methyl/N-ethyl adjacent to an activating group) is 1. The molecule has 0 saturated carbocycles. The van der Waals surface area contributed by atoms with Gasteiger partial charge < -0.3 is 15.2 Å². The number of rotatable bonds is 6. The lowest BCUT2D eigenvalue weighted by atomic mass is 10.2. The van der Waals surface area contributed by atoms with E-state index in [0.717, 1.165) is 0 Å². The largest absolute Gasteiger partial charge is 0.490 e. The Morgan fingerprint density at radius 3 is 2.88 bits per heavy atom. The van der Waals surface area contributed by atoms with Crippen molar-refractivity contribution in [3.63, 3.8) is 0 Å². The van der Waals surface area contributed by atoms with Gasteiger partial charge in [0.2, 0.25) is 0 Å². The fourth-order valence-electron chi connectivity index (χ4n) is 1.37. The first kappa shape index (κ1) is 12.9. The number of nitrogens with one attached hydrogen (secondary N) is 1. The smallest absolute Gasteiger partial charge is 0.167 e. The van der Waals surface area contributed by atoms with Crippen LogP contribution in [0.4, 0.5) is 4.39 Å². The molecule has 0 heterocycles. The highest BCUT2D eigenvalue weighted by Crippen LogP contribution is 2.19. The fourth-order valence-corrected chi connectivity index (χ4v) is 1.37. The van der Waals surface area contributed by atoms with E-state index in [9.17, 15) is 4.39 Å². The minimum Gasteiger partial charge on any atom is -0.490 e. The van der Waals surface area contributed by atoms with Gasteiger partial charge in [-0.15, -0.1) is 0 Å². The van der Waals surface area contributed by atoms with Crippen molar-refractivity contribution in [1.29, 1.82) is 0 Å². The van der Waals surface area contributed by atoms with Gasteiger partial charge in [0.15, 0.2) is 11.6 Å². The molecule has 0 bridgehead atoms. The molecule has 2 N–H and O–H groups in total. The number of aryl methyl sites for hydroxylation is 1. The maximum absolute atomic E-state index is 13.5. The van der Waals surface area contributed by atoms with Crippen molar-refractivity contribution in [2.45, 2.75) is 19.4 Å². The van der Waals surface area contributed by atoms with Gasteiger partial charge in [-0.1, -0.05) is 12.1 Å². The number of hydrogen-bond acceptors (Lipinski definition) is 3. The van der Waals surface area contributed by atoms with Gasteiger partial charge in [0.1, 0.15) is 0 Å². The monoisotopic (exact) mass is 227 g/mol. The third kappa shape index (κ3) is 3.47. The summed E-state index contributed by atoms with van der Waals surface area (Å²) in [4.78, 5) is 0. The van der Waals surface area contributed by atoms with E-state index in [-0.39, 0.29) is 24.2 Å². The van der Waals surface area contributed by atoms with Crippen molar-refractivity contribution >= 4 is 0 Å². The van der Waals surface area contributed by atoms with Crippen LogP contribution >= 0.6 is 0 Å². The summed E-state index contributed by atoms with van der Waals surface area (Å²) in [5, 5.41) is 11.9. The molecule has 0 fully saturated rings. The van der Waals surface area contributed by atoms with E-state index in [0.29, 0.717) is 18.6 Å². The molecular weight excluding hydrogens is 209 g/mol. The molecular formula is C12H18FNO2. The Balaban J connectivity index is 2.46. The number of hydrogen-bond donors (Lipinski definition) is 2. The quantitative estimate of drug-likeness (QED) is 0.773. The maximum Gasteiger partial charge on any atom is 0.167 e. The number of aliphatic hydroxyl groups is 1. The highest BCUT2D eigenvalue weighted by Gasteiger charge is 2.07. The Bertz CT molecular complexity index is 327. The van der Waals surface area contributed by atoms with E-state index < -0.39 is 0 Å². The van der Waals surface area contributed by atoms with Crippen LogP contribution in [0.25, 0.3) is 0 Å². The second kappa shape index (κ2) is 6.45. The van der Waals surface area contributed by atoms with Crippen molar-refractivity contribution in [3.8, 4) is 5.75 Å². The van der Waals surface area contributed by atoms with Crippen molar-refractivity contribution in [2.24, 2.45) is 0 Å². The first-order valence-corrected chi connectivity index (χ1v) is 5.35. The average molecular weight is 227 g/mol. The number of halogens is 1. The summed E-state index contributed by atoms with van der Waals surface area (Å²) in [6.07, 6.45) is 0.639. The van der Waals surface area contributed by atoms with Crippen LogP contribution in [-0.4, -0.2) is 31.4 Å². The van der Waals surface area contributed by atoms with Crippen LogP contribution in [-0.2, 0) is 0 Å². The van der Waals surface area contributed by atoms with E-state index in [1.807, 2.05) is 0 Å². The molecule has 0 aliphatic heterocycles. The van der Waals surface area contributed by atoms with Crippen LogP contribution in [0, 0.1) is 12.7 Å². The lowest BCUT2D eigenvalue weighted by Gasteiger charge is -2.14. The molecule has 1 unspecified atom stereocenters. The van der Waals surface area contributed by atoms with Crippen molar-refractivity contribution in [3.05, 3.63) is 29.6 Å². The van der Waals surface area contributed by atoms with Gasteiger partial charge in [-0.05, 0) is 32.0 Å². The van der Waals surface area contributed by atoms with E-state index >= 15 is 0 Å². The number of aliphatic hydroxyl groups excluding tert-OH is 1. The highest BCUT2D eigenvalue weighted by molar-refractivity contribution is 5.29. The number of ether oxygens (including phenoxy) is 1. The normalized spacial score (nSPS) is 12.5. The molecule has 4 heteroatoms. The van der Waals surface area contributed by atoms with Gasteiger partial charge in [-0.3, -0.25) is 0 Å². The molecule has 0 saturated heterocycles. The van der Waals surface area contributed by atoms with Crippen LogP contribution in [0.2, 0.25) is 0 Å². The lowest BCUT2D eigenvalue weighted by molar-refractivity contribution is 0.211. The van der Waals surface area contributed by atoms with Gasteiger partial charge >= 0.3 is 0 Å². The van der Waals surface area contributed by atoms with E-state index in [2.05, 4.69) is 5.32 Å². The zero-order valence-corrected chi connectivity index (χ0v) is 9.66. The van der Waals surface area contributed by atoms with Gasteiger partial charge in [-0.2, -0.15) is 0 Å². The molecule has 0 amide bonds. The third-order valence-corrected chi connectivity index (χ3v) is 2.51. The second-order valence-corrected chi connectivity index (χ2v) is 3.69. The Morgan fingerprint density at radius 1 is 1.50 bits per heavy atom. The summed E-state index contributed by atoms with van der Waals surface area (Å²) in [6.45, 7) is 2.13. The van der Waals surface area contributed by atoms with Crippen LogP contribution in [0.15, 0.2) is 18.2 Å². The maximum atomic E-state index is 13.5. The van der Waals surface area contributed by atoms with Crippen LogP contribution in [0.3, 0.4) is 0 Å². The average Bonchev–Trinajstić information content (AvgIpc) is 2.30. The fraction of sp³-hybridized carbons (Fsp3) is 0.500. The summed E-state index contributed by atoms with van der Waals surface area (Å²) >= 11 is 0. The van der Waals surface area contributed by atoms with E-state index in [1.165, 1.54) is 0 Å². The Hall–Kier alpha value is -1.13. The Labute approximate surface area is 95.2 Å². The van der Waals surface area contributed by atoms with E-state index in [1.54, 1.807) is 32.2 Å². The molecule has 16 heavy (non-hydrogen) atoms. The number of benzene rings is 1. The molecule has 90 valence electrons. The molecule has 0 aliphatic rings. The van der Waals surface area contributed by atoms with Crippen molar-refractivity contribution in [1.82, 2.24) is 5.32 Å². The molecule has 0 spiro atoms. The molecule has 1 atom stereocenters. The zero-order valence-electron chi connectivity index (χ0n) is 9.66. The minimum absolute atomic E-state index is 0.00660. The van der Waals surface area contributed by atoms with Crippen LogP contribution in [0.1, 0.15) is 12.0 Å². The van der Waals surface area contributed by atoms with Gasteiger partial charge in [0.05, 0.1) is 13.2 Å². The second-order valence-electron chi connectivity index (χ2n) is 3.69. The van der Waals surface area contributed by atoms with Crippen molar-refractivity contribution in [2.75, 3.05) is 20.3 Å². The minimum atomic E-state index is -0.312. The summed E-state index contributed by atoms with van der Waals surface area (Å²) in [5.41, 5.74) is 0.574. The van der Waals surface area contributed by atoms with Gasteiger partial charge in [0.25, 0.3) is 0 Å². The molecule has 0 radical (unpaired) electrons. The molecule has 1 rings (SSSR count). The van der Waals surface area contributed by atoms with Gasteiger partial charge in [0, 0.05) is 6.04 Å². The molecule has 0 aliphatic carbocycles. The summed E-state index contributed by atoms with van der Waals surface area (Å²) in [5.74, 6) is -0.0414. The van der Waals surface area contributed by atoms with Gasteiger partial charge in [-0.25, -0.2) is 4.39 Å². The molecule has 1 aromatic carbocycles. The zero-order chi connectivity index (χ0) is 12.0. The molecule has 0 aromatic heterocycles. The highest BCUT2D eigenvalue weighted by atomic mass is 19.1. The topological polar surface area (TPSA) is 41.5 Å². The summed E-state index contributed by atoms with van der Waals surface area (Å²) < 4.78 is 18.8. The first-order valence-electron chi connectivity index (χ1n) is 5.35. The third-order valence-electron chi connectivity index (χ3n) is 2.51. The Kier molecular flexibility index (Phi) is 5.22. The molecule has 3 nitrogen and oxygen atoms in total. The van der Waals surface area contributed by atoms with Crippen LogP contribution < -0.4 is 10.1 Å². The standard InChI is InChI=1S/C12H18FNO2/c1-9-4-3-5-11(12(9)13)16-7-6-10(8-15)14-2/h3-5,10,14-15H,6-8H2,1-2H3. The van der Waals surface area contributed by atoms with E-state index in [4.69, 9.17) is 9.84 Å². The Morgan fingerprint density at radius 2 is 2.25 bits per heavy atom. The predicted molar refractivity (Wildman–Crippen MR) is 61.2 cm³/mol. The summed E-state index contributed by atoms with van der Waals surface area (Å²) in [7, 11) is 1.77.